The zero-order chi connectivity index (χ0) is 20.8. The third-order valence-corrected chi connectivity index (χ3v) is 4.12. The minimum Gasteiger partial charge on any atom is -0.465 e. The number of rotatable bonds is 7. The molecule has 0 spiro atoms. The van der Waals surface area contributed by atoms with Gasteiger partial charge in [-0.15, -0.1) is 0 Å². The van der Waals surface area contributed by atoms with Gasteiger partial charge in [-0.1, -0.05) is 6.07 Å². The number of aromatic nitrogens is 2. The first-order valence-electron chi connectivity index (χ1n) is 8.79. The Hall–Kier alpha value is -3.72. The van der Waals surface area contributed by atoms with Crippen molar-refractivity contribution in [1.82, 2.24) is 14.7 Å². The molecule has 2 amide bonds. The summed E-state index contributed by atoms with van der Waals surface area (Å²) in [5.74, 6) is -1.29. The smallest absolute Gasteiger partial charge is 0.337 e. The standard InChI is InChI=1S/C20H20N4O5/c1-28-12-10-21-18(25)16-15-5-3-4-11-24(15)17(23-16)19(26)22-14-8-6-13(7-9-14)20(27)29-2/h3-9,11H,10,12H2,1-2H3,(H,21,25)(H,22,26). The molecule has 0 aliphatic carbocycles. The molecular weight excluding hydrogens is 376 g/mol. The summed E-state index contributed by atoms with van der Waals surface area (Å²) in [5, 5.41) is 5.41. The molecule has 0 saturated heterocycles. The van der Waals surface area contributed by atoms with E-state index < -0.39 is 17.8 Å². The van der Waals surface area contributed by atoms with Gasteiger partial charge in [0.25, 0.3) is 11.8 Å². The predicted octanol–water partition coefficient (Wildman–Crippen LogP) is 1.75. The summed E-state index contributed by atoms with van der Waals surface area (Å²) in [5.41, 5.74) is 1.50. The highest BCUT2D eigenvalue weighted by atomic mass is 16.5. The van der Waals surface area contributed by atoms with Crippen molar-refractivity contribution in [2.24, 2.45) is 0 Å². The van der Waals surface area contributed by atoms with Crippen molar-refractivity contribution in [1.29, 1.82) is 0 Å². The van der Waals surface area contributed by atoms with E-state index in [1.807, 2.05) is 0 Å². The number of nitrogens with one attached hydrogen (secondary N) is 2. The van der Waals surface area contributed by atoms with Crippen molar-refractivity contribution in [3.63, 3.8) is 0 Å². The van der Waals surface area contributed by atoms with E-state index in [1.54, 1.807) is 60.2 Å². The van der Waals surface area contributed by atoms with Crippen LogP contribution in [0.3, 0.4) is 0 Å². The number of nitrogens with zero attached hydrogens (tertiary/aromatic N) is 2. The van der Waals surface area contributed by atoms with Gasteiger partial charge < -0.3 is 20.1 Å². The molecule has 0 aliphatic rings. The normalized spacial score (nSPS) is 10.6. The first-order valence-corrected chi connectivity index (χ1v) is 8.79. The topological polar surface area (TPSA) is 111 Å². The number of imidazole rings is 1. The van der Waals surface area contributed by atoms with Crippen LogP contribution in [0.25, 0.3) is 5.52 Å². The molecule has 0 radical (unpaired) electrons. The molecule has 9 heteroatoms. The predicted molar refractivity (Wildman–Crippen MR) is 105 cm³/mol. The van der Waals surface area contributed by atoms with Crippen molar-refractivity contribution < 1.29 is 23.9 Å². The van der Waals surface area contributed by atoms with E-state index in [9.17, 15) is 14.4 Å². The molecule has 0 atom stereocenters. The SMILES string of the molecule is COCCNC(=O)c1nc(C(=O)Nc2ccc(C(=O)OC)cc2)n2ccccc12. The molecule has 29 heavy (non-hydrogen) atoms. The van der Waals surface area contributed by atoms with Gasteiger partial charge in [-0.25, -0.2) is 9.78 Å². The number of esters is 1. The monoisotopic (exact) mass is 396 g/mol. The molecule has 9 nitrogen and oxygen atoms in total. The van der Waals surface area contributed by atoms with Crippen LogP contribution in [0.5, 0.6) is 0 Å². The summed E-state index contributed by atoms with van der Waals surface area (Å²) < 4.78 is 11.1. The van der Waals surface area contributed by atoms with Gasteiger partial charge in [-0.2, -0.15) is 0 Å². The van der Waals surface area contributed by atoms with Crippen molar-refractivity contribution in [2.75, 3.05) is 32.7 Å². The summed E-state index contributed by atoms with van der Waals surface area (Å²) in [6, 6.07) is 11.5. The lowest BCUT2D eigenvalue weighted by molar-refractivity contribution is 0.0600. The number of carbonyl (C=O) groups excluding carboxylic acids is 3. The molecule has 1 aromatic carbocycles. The first kappa shape index (κ1) is 20.0. The van der Waals surface area contributed by atoms with Crippen LogP contribution in [-0.2, 0) is 9.47 Å². The Balaban J connectivity index is 1.84. The Bertz CT molecular complexity index is 1040. The Kier molecular flexibility index (Phi) is 6.20. The lowest BCUT2D eigenvalue weighted by Gasteiger charge is -2.05. The summed E-state index contributed by atoms with van der Waals surface area (Å²) in [7, 11) is 2.84. The molecule has 0 aliphatic heterocycles. The highest BCUT2D eigenvalue weighted by Gasteiger charge is 2.21. The number of anilines is 1. The zero-order valence-electron chi connectivity index (χ0n) is 16.0. The van der Waals surface area contributed by atoms with Crippen LogP contribution < -0.4 is 10.6 Å². The number of hydrogen-bond donors (Lipinski definition) is 2. The van der Waals surface area contributed by atoms with E-state index in [4.69, 9.17) is 4.74 Å². The second-order valence-electron chi connectivity index (χ2n) is 6.01. The minimum absolute atomic E-state index is 0.0644. The Morgan fingerprint density at radius 3 is 2.48 bits per heavy atom. The van der Waals surface area contributed by atoms with Crippen LogP contribution in [0.2, 0.25) is 0 Å². The molecule has 0 bridgehead atoms. The van der Waals surface area contributed by atoms with E-state index in [1.165, 1.54) is 7.11 Å². The highest BCUT2D eigenvalue weighted by Crippen LogP contribution is 2.16. The van der Waals surface area contributed by atoms with Gasteiger partial charge in [-0.05, 0) is 36.4 Å². The number of pyridine rings is 1. The molecular formula is C20H20N4O5. The molecule has 3 rings (SSSR count). The maximum absolute atomic E-state index is 12.8. The van der Waals surface area contributed by atoms with Gasteiger partial charge in [0.2, 0.25) is 5.82 Å². The highest BCUT2D eigenvalue weighted by molar-refractivity contribution is 6.06. The van der Waals surface area contributed by atoms with E-state index >= 15 is 0 Å². The summed E-state index contributed by atoms with van der Waals surface area (Å²) in [6.45, 7) is 0.696. The largest absolute Gasteiger partial charge is 0.465 e. The number of carbonyl (C=O) groups is 3. The van der Waals surface area contributed by atoms with Crippen LogP contribution in [-0.4, -0.2) is 54.5 Å². The first-order chi connectivity index (χ1) is 14.0. The zero-order valence-corrected chi connectivity index (χ0v) is 16.0. The average Bonchev–Trinajstić information content (AvgIpc) is 3.14. The molecule has 0 unspecified atom stereocenters. The number of benzene rings is 1. The van der Waals surface area contributed by atoms with Crippen LogP contribution in [0.1, 0.15) is 31.5 Å². The third-order valence-electron chi connectivity index (χ3n) is 4.12. The lowest BCUT2D eigenvalue weighted by Crippen LogP contribution is -2.27. The molecule has 0 saturated carbocycles. The second-order valence-corrected chi connectivity index (χ2v) is 6.01. The number of hydrogen-bond acceptors (Lipinski definition) is 6. The number of ether oxygens (including phenoxy) is 2. The number of amides is 2. The van der Waals surface area contributed by atoms with Crippen molar-refractivity contribution in [3.8, 4) is 0 Å². The Morgan fingerprint density at radius 2 is 1.79 bits per heavy atom. The number of methoxy groups -OCH3 is 2. The average molecular weight is 396 g/mol. The Labute approximate surface area is 166 Å². The van der Waals surface area contributed by atoms with Gasteiger partial charge in [-0.3, -0.25) is 14.0 Å². The van der Waals surface area contributed by atoms with Gasteiger partial charge in [0.15, 0.2) is 5.69 Å². The van der Waals surface area contributed by atoms with E-state index in [0.717, 1.165) is 0 Å². The van der Waals surface area contributed by atoms with E-state index in [-0.39, 0.29) is 11.5 Å². The van der Waals surface area contributed by atoms with Gasteiger partial charge in [0.1, 0.15) is 0 Å². The maximum atomic E-state index is 12.8. The van der Waals surface area contributed by atoms with Crippen molar-refractivity contribution in [3.05, 3.63) is 65.7 Å². The summed E-state index contributed by atoms with van der Waals surface area (Å²) >= 11 is 0. The fraction of sp³-hybridized carbons (Fsp3) is 0.200. The quantitative estimate of drug-likeness (QED) is 0.465. The van der Waals surface area contributed by atoms with Crippen LogP contribution in [0.15, 0.2) is 48.7 Å². The third kappa shape index (κ3) is 4.41. The van der Waals surface area contributed by atoms with Crippen molar-refractivity contribution >= 4 is 29.0 Å². The van der Waals surface area contributed by atoms with E-state index in [0.29, 0.717) is 29.9 Å². The molecule has 2 heterocycles. The fourth-order valence-corrected chi connectivity index (χ4v) is 2.71. The number of fused-ring (bicyclic) bond motifs is 1. The summed E-state index contributed by atoms with van der Waals surface area (Å²) in [4.78, 5) is 41.0. The molecule has 3 aromatic rings. The van der Waals surface area contributed by atoms with Gasteiger partial charge in [0.05, 0.1) is 24.8 Å². The molecule has 150 valence electrons. The minimum atomic E-state index is -0.493. The van der Waals surface area contributed by atoms with Crippen molar-refractivity contribution in [2.45, 2.75) is 0 Å². The van der Waals surface area contributed by atoms with E-state index in [2.05, 4.69) is 20.4 Å². The molecule has 2 aromatic heterocycles. The lowest BCUT2D eigenvalue weighted by atomic mass is 10.2. The molecule has 0 fully saturated rings. The fourth-order valence-electron chi connectivity index (χ4n) is 2.71. The Morgan fingerprint density at radius 1 is 1.03 bits per heavy atom. The van der Waals surface area contributed by atoms with Gasteiger partial charge >= 0.3 is 5.97 Å². The van der Waals surface area contributed by atoms with Gasteiger partial charge in [0, 0.05) is 25.5 Å². The summed E-state index contributed by atoms with van der Waals surface area (Å²) in [6.07, 6.45) is 1.66. The van der Waals surface area contributed by atoms with Crippen LogP contribution in [0.4, 0.5) is 5.69 Å². The van der Waals surface area contributed by atoms with Crippen LogP contribution in [0, 0.1) is 0 Å². The van der Waals surface area contributed by atoms with Crippen LogP contribution >= 0.6 is 0 Å². The second kappa shape index (κ2) is 8.98. The molecule has 2 N–H and O–H groups in total. The maximum Gasteiger partial charge on any atom is 0.337 e.